The van der Waals surface area contributed by atoms with Crippen molar-refractivity contribution in [3.8, 4) is 0 Å². The Morgan fingerprint density at radius 2 is 2.20 bits per heavy atom. The largest absolute Gasteiger partial charge is 0.325 e. The van der Waals surface area contributed by atoms with Crippen LogP contribution in [-0.2, 0) is 4.79 Å². The first kappa shape index (κ1) is 14.7. The minimum Gasteiger partial charge on any atom is -0.325 e. The molecule has 0 saturated carbocycles. The highest BCUT2D eigenvalue weighted by atomic mass is 32.2. The summed E-state index contributed by atoms with van der Waals surface area (Å²) in [4.78, 5) is 27.5. The number of amides is 1. The van der Waals surface area contributed by atoms with Crippen LogP contribution in [0.2, 0.25) is 0 Å². The second-order valence-corrected chi connectivity index (χ2v) is 6.67. The van der Waals surface area contributed by atoms with Crippen molar-refractivity contribution in [2.24, 2.45) is 0 Å². The van der Waals surface area contributed by atoms with E-state index < -0.39 is 0 Å². The van der Waals surface area contributed by atoms with Gasteiger partial charge in [-0.3, -0.25) is 9.59 Å². The van der Waals surface area contributed by atoms with Crippen molar-refractivity contribution in [3.05, 3.63) is 41.4 Å². The Morgan fingerprint density at radius 1 is 1.40 bits per heavy atom. The molecule has 0 bridgehead atoms. The lowest BCUT2D eigenvalue weighted by atomic mass is 10.1. The van der Waals surface area contributed by atoms with Crippen LogP contribution in [0.4, 0.5) is 5.69 Å². The number of benzene rings is 1. The minimum absolute atomic E-state index is 0.0219. The van der Waals surface area contributed by atoms with Gasteiger partial charge in [-0.25, -0.2) is 4.98 Å². The molecule has 1 atom stereocenters. The number of anilines is 1. The molecule has 1 N–H and O–H groups in total. The highest BCUT2D eigenvalue weighted by Gasteiger charge is 2.16. The monoisotopic (exact) mass is 306 g/mol. The van der Waals surface area contributed by atoms with Crippen LogP contribution in [0.1, 0.15) is 24.2 Å². The minimum atomic E-state index is -0.248. The van der Waals surface area contributed by atoms with E-state index in [0.29, 0.717) is 11.3 Å². The van der Waals surface area contributed by atoms with Crippen LogP contribution in [0.5, 0.6) is 0 Å². The lowest BCUT2D eigenvalue weighted by Gasteiger charge is -2.11. The van der Waals surface area contributed by atoms with Crippen molar-refractivity contribution < 1.29 is 9.59 Å². The van der Waals surface area contributed by atoms with Gasteiger partial charge in [0.1, 0.15) is 0 Å². The number of ketones is 1. The molecule has 104 valence electrons. The molecule has 0 saturated heterocycles. The number of rotatable bonds is 5. The van der Waals surface area contributed by atoms with Crippen LogP contribution in [0, 0.1) is 0 Å². The number of nitrogens with zero attached hydrogens (tertiary/aromatic N) is 1. The molecule has 1 aromatic heterocycles. The highest BCUT2D eigenvalue weighted by Crippen LogP contribution is 2.25. The second kappa shape index (κ2) is 6.67. The Balaban J connectivity index is 2.00. The summed E-state index contributed by atoms with van der Waals surface area (Å²) in [6.07, 6.45) is 1.72. The molecular weight excluding hydrogens is 292 g/mol. The molecule has 4 nitrogen and oxygen atoms in total. The number of aromatic nitrogens is 1. The van der Waals surface area contributed by atoms with Crippen molar-refractivity contribution in [3.63, 3.8) is 0 Å². The van der Waals surface area contributed by atoms with Crippen LogP contribution in [-0.4, -0.2) is 21.9 Å². The van der Waals surface area contributed by atoms with Crippen LogP contribution < -0.4 is 5.32 Å². The third-order valence-electron chi connectivity index (χ3n) is 2.59. The van der Waals surface area contributed by atoms with E-state index in [9.17, 15) is 9.59 Å². The van der Waals surface area contributed by atoms with E-state index in [4.69, 9.17) is 0 Å². The lowest BCUT2D eigenvalue weighted by molar-refractivity contribution is -0.115. The maximum atomic E-state index is 12.1. The summed E-state index contributed by atoms with van der Waals surface area (Å²) in [5.74, 6) is -0.128. The van der Waals surface area contributed by atoms with E-state index in [2.05, 4.69) is 10.3 Å². The number of hydrogen-bond donors (Lipinski definition) is 1. The fraction of sp³-hybridized carbons (Fsp3) is 0.214. The van der Waals surface area contributed by atoms with Gasteiger partial charge in [0.2, 0.25) is 5.91 Å². The summed E-state index contributed by atoms with van der Waals surface area (Å²) in [6, 6.07) is 6.93. The van der Waals surface area contributed by atoms with Crippen LogP contribution in [0.3, 0.4) is 0 Å². The molecule has 0 aliphatic heterocycles. The molecule has 1 unspecified atom stereocenters. The Morgan fingerprint density at radius 3 is 2.85 bits per heavy atom. The van der Waals surface area contributed by atoms with Gasteiger partial charge in [0.25, 0.3) is 0 Å². The summed E-state index contributed by atoms with van der Waals surface area (Å²) >= 11 is 2.93. The summed E-state index contributed by atoms with van der Waals surface area (Å²) in [6.45, 7) is 3.33. The summed E-state index contributed by atoms with van der Waals surface area (Å²) in [7, 11) is 0. The van der Waals surface area contributed by atoms with Gasteiger partial charge in [-0.2, -0.15) is 0 Å². The summed E-state index contributed by atoms with van der Waals surface area (Å²) < 4.78 is 0.866. The first-order chi connectivity index (χ1) is 9.56. The number of nitrogens with one attached hydrogen (secondary N) is 1. The van der Waals surface area contributed by atoms with Gasteiger partial charge >= 0.3 is 0 Å². The van der Waals surface area contributed by atoms with Crippen LogP contribution in [0.25, 0.3) is 0 Å². The predicted molar refractivity (Wildman–Crippen MR) is 82.5 cm³/mol. The number of thioether (sulfide) groups is 1. The van der Waals surface area contributed by atoms with Gasteiger partial charge in [0.15, 0.2) is 10.1 Å². The van der Waals surface area contributed by atoms with Crippen molar-refractivity contribution in [1.82, 2.24) is 4.98 Å². The molecule has 2 rings (SSSR count). The fourth-order valence-corrected chi connectivity index (χ4v) is 3.31. The molecule has 2 aromatic rings. The Labute approximate surface area is 125 Å². The number of Topliss-reactive ketones (excluding diaryl/α,β-unsaturated/α-hetero) is 1. The van der Waals surface area contributed by atoms with E-state index in [-0.39, 0.29) is 16.9 Å². The van der Waals surface area contributed by atoms with Crippen LogP contribution in [0.15, 0.2) is 40.2 Å². The molecule has 6 heteroatoms. The molecule has 0 radical (unpaired) electrons. The topological polar surface area (TPSA) is 59.1 Å². The lowest BCUT2D eigenvalue weighted by Crippen LogP contribution is -2.22. The molecule has 1 aromatic carbocycles. The van der Waals surface area contributed by atoms with E-state index in [1.165, 1.54) is 30.0 Å². The zero-order valence-corrected chi connectivity index (χ0v) is 12.8. The smallest absolute Gasteiger partial charge is 0.237 e. The second-order valence-electron chi connectivity index (χ2n) is 4.18. The maximum absolute atomic E-state index is 12.1. The number of hydrogen-bond acceptors (Lipinski definition) is 5. The standard InChI is InChI=1S/C14H14N2O2S2/c1-9(17)11-4-3-5-12(8-11)16-13(18)10(2)20-14-15-6-7-19-14/h3-8,10H,1-2H3,(H,16,18). The van der Waals surface area contributed by atoms with Crippen LogP contribution >= 0.6 is 23.1 Å². The molecule has 0 aliphatic rings. The third-order valence-corrected chi connectivity index (χ3v) is 4.61. The van der Waals surface area contributed by atoms with Crippen molar-refractivity contribution in [1.29, 1.82) is 0 Å². The van der Waals surface area contributed by atoms with Gasteiger partial charge in [-0.15, -0.1) is 11.3 Å². The van der Waals surface area contributed by atoms with Gasteiger partial charge in [-0.05, 0) is 26.0 Å². The Kier molecular flexibility index (Phi) is 4.92. The van der Waals surface area contributed by atoms with Crippen molar-refractivity contribution in [2.75, 3.05) is 5.32 Å². The number of carbonyl (C=O) groups excluding carboxylic acids is 2. The molecule has 1 heterocycles. The van der Waals surface area contributed by atoms with Gasteiger partial charge < -0.3 is 5.32 Å². The summed E-state index contributed by atoms with van der Waals surface area (Å²) in [5.41, 5.74) is 1.22. The first-order valence-corrected chi connectivity index (χ1v) is 7.80. The summed E-state index contributed by atoms with van der Waals surface area (Å²) in [5, 5.41) is 4.44. The van der Waals surface area contributed by atoms with Gasteiger partial charge in [-0.1, -0.05) is 23.9 Å². The maximum Gasteiger partial charge on any atom is 0.237 e. The Hall–Kier alpha value is -1.66. The molecule has 0 fully saturated rings. The zero-order chi connectivity index (χ0) is 14.5. The highest BCUT2D eigenvalue weighted by molar-refractivity contribution is 8.02. The molecule has 20 heavy (non-hydrogen) atoms. The Bertz CT molecular complexity index is 611. The quantitative estimate of drug-likeness (QED) is 0.679. The van der Waals surface area contributed by atoms with Crippen molar-refractivity contribution in [2.45, 2.75) is 23.4 Å². The molecule has 0 aliphatic carbocycles. The van der Waals surface area contributed by atoms with Crippen molar-refractivity contribution >= 4 is 40.5 Å². The first-order valence-electron chi connectivity index (χ1n) is 6.04. The average Bonchev–Trinajstić information content (AvgIpc) is 2.91. The van der Waals surface area contributed by atoms with Gasteiger partial charge in [0, 0.05) is 22.8 Å². The third kappa shape index (κ3) is 3.91. The normalized spacial score (nSPS) is 11.9. The molecular formula is C14H14N2O2S2. The average molecular weight is 306 g/mol. The predicted octanol–water partition coefficient (Wildman–Crippen LogP) is 3.47. The van der Waals surface area contributed by atoms with E-state index in [0.717, 1.165) is 4.34 Å². The fourth-order valence-electron chi connectivity index (χ4n) is 1.53. The number of thiazole rings is 1. The molecule has 1 amide bonds. The SMILES string of the molecule is CC(=O)c1cccc(NC(=O)C(C)Sc2nccs2)c1. The van der Waals surface area contributed by atoms with Gasteiger partial charge in [0.05, 0.1) is 5.25 Å². The molecule has 0 spiro atoms. The zero-order valence-electron chi connectivity index (χ0n) is 11.1. The van der Waals surface area contributed by atoms with E-state index in [1.807, 2.05) is 12.3 Å². The number of carbonyl (C=O) groups is 2. The van der Waals surface area contributed by atoms with E-state index in [1.54, 1.807) is 30.5 Å². The van der Waals surface area contributed by atoms with E-state index >= 15 is 0 Å².